The molecule has 0 aromatic heterocycles. The molecule has 1 saturated heterocycles. The summed E-state index contributed by atoms with van der Waals surface area (Å²) in [7, 11) is 4.50. The van der Waals surface area contributed by atoms with Crippen LogP contribution in [-0.4, -0.2) is 49.6 Å². The SMILES string of the molecule is CC(C)=C/C=C\CCN(C)CCC1CCCN1C. The first kappa shape index (κ1) is 15.5. The van der Waals surface area contributed by atoms with Gasteiger partial charge in [-0.2, -0.15) is 0 Å². The first-order valence-electron chi connectivity index (χ1n) is 7.28. The second-order valence-corrected chi connectivity index (χ2v) is 5.83. The van der Waals surface area contributed by atoms with E-state index < -0.39 is 0 Å². The van der Waals surface area contributed by atoms with Gasteiger partial charge in [-0.25, -0.2) is 0 Å². The second-order valence-electron chi connectivity index (χ2n) is 5.83. The maximum atomic E-state index is 2.52. The molecule has 1 fully saturated rings. The Morgan fingerprint density at radius 3 is 2.72 bits per heavy atom. The van der Waals surface area contributed by atoms with Gasteiger partial charge < -0.3 is 9.80 Å². The van der Waals surface area contributed by atoms with E-state index in [2.05, 4.69) is 56.0 Å². The van der Waals surface area contributed by atoms with Crippen LogP contribution in [0.5, 0.6) is 0 Å². The molecule has 2 heteroatoms. The quantitative estimate of drug-likeness (QED) is 0.640. The summed E-state index contributed by atoms with van der Waals surface area (Å²) < 4.78 is 0. The molecule has 104 valence electrons. The van der Waals surface area contributed by atoms with Gasteiger partial charge in [-0.1, -0.05) is 23.8 Å². The maximum absolute atomic E-state index is 2.52. The largest absolute Gasteiger partial charge is 0.306 e. The van der Waals surface area contributed by atoms with Crippen LogP contribution in [0.15, 0.2) is 23.8 Å². The van der Waals surface area contributed by atoms with Crippen LogP contribution in [0.3, 0.4) is 0 Å². The van der Waals surface area contributed by atoms with Crippen LogP contribution in [-0.2, 0) is 0 Å². The van der Waals surface area contributed by atoms with Gasteiger partial charge >= 0.3 is 0 Å². The van der Waals surface area contributed by atoms with Crippen LogP contribution in [0.1, 0.15) is 39.5 Å². The summed E-state index contributed by atoms with van der Waals surface area (Å²) in [6.07, 6.45) is 11.9. The summed E-state index contributed by atoms with van der Waals surface area (Å²) in [6.45, 7) is 7.96. The van der Waals surface area contributed by atoms with Gasteiger partial charge in [-0.3, -0.25) is 0 Å². The van der Waals surface area contributed by atoms with E-state index in [0.717, 1.165) is 12.5 Å². The van der Waals surface area contributed by atoms with Crippen molar-refractivity contribution in [2.24, 2.45) is 0 Å². The molecule has 0 aromatic rings. The van der Waals surface area contributed by atoms with Gasteiger partial charge in [0.05, 0.1) is 0 Å². The van der Waals surface area contributed by atoms with Crippen molar-refractivity contribution >= 4 is 0 Å². The lowest BCUT2D eigenvalue weighted by Crippen LogP contribution is -2.30. The molecule has 0 radical (unpaired) electrons. The molecular weight excluding hydrogens is 220 g/mol. The number of nitrogens with zero attached hydrogens (tertiary/aromatic N) is 2. The molecule has 0 bridgehead atoms. The van der Waals surface area contributed by atoms with Crippen molar-refractivity contribution in [3.05, 3.63) is 23.8 Å². The highest BCUT2D eigenvalue weighted by Crippen LogP contribution is 2.17. The molecule has 1 rings (SSSR count). The Hall–Kier alpha value is -0.600. The smallest absolute Gasteiger partial charge is 0.0105 e. The standard InChI is InChI=1S/C16H30N2/c1-15(2)9-6-5-7-12-17(3)14-11-16-10-8-13-18(16)4/h5-6,9,16H,7-8,10-14H2,1-4H3/b6-5-. The van der Waals surface area contributed by atoms with Gasteiger partial charge in [0.25, 0.3) is 0 Å². The van der Waals surface area contributed by atoms with Crippen molar-refractivity contribution in [3.8, 4) is 0 Å². The van der Waals surface area contributed by atoms with Gasteiger partial charge in [-0.15, -0.1) is 0 Å². The van der Waals surface area contributed by atoms with Gasteiger partial charge in [-0.05, 0) is 66.7 Å². The summed E-state index contributed by atoms with van der Waals surface area (Å²) in [5.74, 6) is 0. The molecule has 0 spiro atoms. The van der Waals surface area contributed by atoms with E-state index in [1.165, 1.54) is 44.5 Å². The number of hydrogen-bond acceptors (Lipinski definition) is 2. The summed E-state index contributed by atoms with van der Waals surface area (Å²) in [6, 6.07) is 0.827. The summed E-state index contributed by atoms with van der Waals surface area (Å²) >= 11 is 0. The average molecular weight is 250 g/mol. The number of allylic oxidation sites excluding steroid dienone is 3. The van der Waals surface area contributed by atoms with Crippen molar-refractivity contribution in [1.29, 1.82) is 0 Å². The number of rotatable bonds is 7. The Labute approximate surface area is 113 Å². The molecule has 1 heterocycles. The minimum Gasteiger partial charge on any atom is -0.306 e. The zero-order valence-electron chi connectivity index (χ0n) is 12.7. The van der Waals surface area contributed by atoms with Crippen molar-refractivity contribution in [2.45, 2.75) is 45.6 Å². The van der Waals surface area contributed by atoms with Gasteiger partial charge in [0.1, 0.15) is 0 Å². The minimum atomic E-state index is 0.827. The molecule has 0 saturated carbocycles. The first-order chi connectivity index (χ1) is 8.59. The molecule has 0 amide bonds. The Kier molecular flexibility index (Phi) is 7.29. The van der Waals surface area contributed by atoms with Crippen LogP contribution < -0.4 is 0 Å². The lowest BCUT2D eigenvalue weighted by atomic mass is 10.1. The lowest BCUT2D eigenvalue weighted by Gasteiger charge is -2.22. The zero-order valence-corrected chi connectivity index (χ0v) is 12.7. The van der Waals surface area contributed by atoms with Crippen molar-refractivity contribution < 1.29 is 0 Å². The van der Waals surface area contributed by atoms with E-state index in [9.17, 15) is 0 Å². The predicted octanol–water partition coefficient (Wildman–Crippen LogP) is 3.32. The predicted molar refractivity (Wildman–Crippen MR) is 81.0 cm³/mol. The second kappa shape index (κ2) is 8.49. The molecule has 18 heavy (non-hydrogen) atoms. The molecule has 1 aliphatic heterocycles. The Morgan fingerprint density at radius 1 is 1.33 bits per heavy atom. The molecule has 1 unspecified atom stereocenters. The van der Waals surface area contributed by atoms with Crippen LogP contribution in [0.2, 0.25) is 0 Å². The van der Waals surface area contributed by atoms with E-state index in [1.54, 1.807) is 0 Å². The van der Waals surface area contributed by atoms with E-state index in [1.807, 2.05) is 0 Å². The number of hydrogen-bond donors (Lipinski definition) is 0. The molecule has 1 aliphatic rings. The fourth-order valence-corrected chi connectivity index (χ4v) is 2.48. The first-order valence-corrected chi connectivity index (χ1v) is 7.28. The molecular formula is C16H30N2. The highest BCUT2D eigenvalue weighted by atomic mass is 15.2. The van der Waals surface area contributed by atoms with Crippen LogP contribution in [0, 0.1) is 0 Å². The van der Waals surface area contributed by atoms with Crippen LogP contribution in [0.4, 0.5) is 0 Å². The molecule has 0 aromatic carbocycles. The molecule has 2 nitrogen and oxygen atoms in total. The maximum Gasteiger partial charge on any atom is 0.0105 e. The Morgan fingerprint density at radius 2 is 2.11 bits per heavy atom. The van der Waals surface area contributed by atoms with Crippen molar-refractivity contribution in [2.75, 3.05) is 33.7 Å². The fourth-order valence-electron chi connectivity index (χ4n) is 2.48. The van der Waals surface area contributed by atoms with Crippen molar-refractivity contribution in [1.82, 2.24) is 9.80 Å². The Balaban J connectivity index is 2.08. The monoisotopic (exact) mass is 250 g/mol. The van der Waals surface area contributed by atoms with Gasteiger partial charge in [0.15, 0.2) is 0 Å². The third kappa shape index (κ3) is 6.36. The lowest BCUT2D eigenvalue weighted by molar-refractivity contribution is 0.250. The highest BCUT2D eigenvalue weighted by Gasteiger charge is 2.20. The van der Waals surface area contributed by atoms with Gasteiger partial charge in [0.2, 0.25) is 0 Å². The third-order valence-corrected chi connectivity index (χ3v) is 3.76. The topological polar surface area (TPSA) is 6.48 Å². The van der Waals surface area contributed by atoms with E-state index >= 15 is 0 Å². The minimum absolute atomic E-state index is 0.827. The molecule has 0 N–H and O–H groups in total. The Bertz CT molecular complexity index is 277. The highest BCUT2D eigenvalue weighted by molar-refractivity contribution is 5.08. The van der Waals surface area contributed by atoms with E-state index in [4.69, 9.17) is 0 Å². The molecule has 1 atom stereocenters. The van der Waals surface area contributed by atoms with E-state index in [-0.39, 0.29) is 0 Å². The average Bonchev–Trinajstić information content (AvgIpc) is 2.71. The van der Waals surface area contributed by atoms with Crippen LogP contribution >= 0.6 is 0 Å². The van der Waals surface area contributed by atoms with Crippen LogP contribution in [0.25, 0.3) is 0 Å². The third-order valence-electron chi connectivity index (χ3n) is 3.76. The molecule has 0 aliphatic carbocycles. The summed E-state index contributed by atoms with van der Waals surface area (Å²) in [5, 5.41) is 0. The normalized spacial score (nSPS) is 21.1. The van der Waals surface area contributed by atoms with Crippen molar-refractivity contribution in [3.63, 3.8) is 0 Å². The number of likely N-dealkylation sites (tertiary alicyclic amines) is 1. The summed E-state index contributed by atoms with van der Waals surface area (Å²) in [5.41, 5.74) is 1.36. The summed E-state index contributed by atoms with van der Waals surface area (Å²) in [4.78, 5) is 4.97. The van der Waals surface area contributed by atoms with Gasteiger partial charge in [0, 0.05) is 12.6 Å². The fraction of sp³-hybridized carbons (Fsp3) is 0.750. The van der Waals surface area contributed by atoms with E-state index in [0.29, 0.717) is 0 Å². The zero-order chi connectivity index (χ0) is 13.4.